The number of fused-ring (bicyclic) bond motifs is 1. The fourth-order valence-electron chi connectivity index (χ4n) is 2.38. The molecule has 0 bridgehead atoms. The van der Waals surface area contributed by atoms with Crippen LogP contribution in [0, 0.1) is 5.82 Å². The second-order valence-electron chi connectivity index (χ2n) is 5.33. The molecule has 1 heterocycles. The molecule has 0 unspecified atom stereocenters. The molecular formula is C19H17FN2O2. The van der Waals surface area contributed by atoms with E-state index in [0.717, 1.165) is 16.6 Å². The van der Waals surface area contributed by atoms with Gasteiger partial charge in [-0.05, 0) is 55.0 Å². The molecule has 0 fully saturated rings. The van der Waals surface area contributed by atoms with Gasteiger partial charge in [0.2, 0.25) is 5.91 Å². The molecule has 0 aliphatic heterocycles. The zero-order valence-corrected chi connectivity index (χ0v) is 13.0. The van der Waals surface area contributed by atoms with Crippen LogP contribution in [0.5, 0.6) is 5.75 Å². The maximum Gasteiger partial charge on any atom is 0.224 e. The summed E-state index contributed by atoms with van der Waals surface area (Å²) in [5.41, 5.74) is 1.60. The number of halogens is 1. The van der Waals surface area contributed by atoms with E-state index in [9.17, 15) is 9.18 Å². The second-order valence-corrected chi connectivity index (χ2v) is 5.33. The van der Waals surface area contributed by atoms with Gasteiger partial charge in [-0.25, -0.2) is 4.39 Å². The van der Waals surface area contributed by atoms with Gasteiger partial charge in [0.05, 0.1) is 17.8 Å². The Morgan fingerprint density at radius 2 is 1.92 bits per heavy atom. The lowest BCUT2D eigenvalue weighted by Gasteiger charge is -2.09. The topological polar surface area (TPSA) is 51.2 Å². The van der Waals surface area contributed by atoms with Crippen LogP contribution in [0.3, 0.4) is 0 Å². The molecule has 24 heavy (non-hydrogen) atoms. The van der Waals surface area contributed by atoms with Gasteiger partial charge in [-0.15, -0.1) is 0 Å². The average Bonchev–Trinajstić information content (AvgIpc) is 2.61. The smallest absolute Gasteiger partial charge is 0.224 e. The van der Waals surface area contributed by atoms with Crippen molar-refractivity contribution in [3.8, 4) is 5.75 Å². The number of hydrogen-bond acceptors (Lipinski definition) is 3. The molecule has 122 valence electrons. The first-order chi connectivity index (χ1) is 11.7. The Labute approximate surface area is 139 Å². The van der Waals surface area contributed by atoms with Crippen LogP contribution in [0.1, 0.15) is 12.8 Å². The summed E-state index contributed by atoms with van der Waals surface area (Å²) in [5, 5.41) is 3.82. The maximum atomic E-state index is 12.8. The molecule has 2 aromatic carbocycles. The highest BCUT2D eigenvalue weighted by Crippen LogP contribution is 2.21. The summed E-state index contributed by atoms with van der Waals surface area (Å²) in [7, 11) is 0. The third-order valence-corrected chi connectivity index (χ3v) is 3.55. The van der Waals surface area contributed by atoms with Crippen molar-refractivity contribution >= 4 is 22.5 Å². The van der Waals surface area contributed by atoms with Crippen LogP contribution in [0.25, 0.3) is 10.9 Å². The molecule has 0 spiro atoms. The number of amides is 1. The minimum atomic E-state index is -0.300. The third-order valence-electron chi connectivity index (χ3n) is 3.55. The zero-order chi connectivity index (χ0) is 16.8. The van der Waals surface area contributed by atoms with Crippen molar-refractivity contribution < 1.29 is 13.9 Å². The van der Waals surface area contributed by atoms with Crippen molar-refractivity contribution in [2.24, 2.45) is 0 Å². The minimum Gasteiger partial charge on any atom is -0.494 e. The fourth-order valence-corrected chi connectivity index (χ4v) is 2.38. The molecule has 1 amide bonds. The summed E-state index contributed by atoms with van der Waals surface area (Å²) < 4.78 is 18.3. The van der Waals surface area contributed by atoms with Gasteiger partial charge in [0.25, 0.3) is 0 Å². The SMILES string of the molecule is O=C(CCCOc1ccc(F)cc1)Nc1cccc2ncccc12. The molecule has 0 saturated carbocycles. The van der Waals surface area contributed by atoms with E-state index < -0.39 is 0 Å². The van der Waals surface area contributed by atoms with Crippen molar-refractivity contribution in [1.29, 1.82) is 0 Å². The fraction of sp³-hybridized carbons (Fsp3) is 0.158. The Morgan fingerprint density at radius 1 is 1.08 bits per heavy atom. The van der Waals surface area contributed by atoms with E-state index in [4.69, 9.17) is 4.74 Å². The lowest BCUT2D eigenvalue weighted by Crippen LogP contribution is -2.13. The van der Waals surface area contributed by atoms with Crippen LogP contribution in [0.15, 0.2) is 60.8 Å². The van der Waals surface area contributed by atoms with Gasteiger partial charge in [-0.1, -0.05) is 6.07 Å². The van der Waals surface area contributed by atoms with Crippen LogP contribution in [-0.4, -0.2) is 17.5 Å². The van der Waals surface area contributed by atoms with Gasteiger partial charge in [-0.3, -0.25) is 9.78 Å². The van der Waals surface area contributed by atoms with Crippen LogP contribution < -0.4 is 10.1 Å². The van der Waals surface area contributed by atoms with Crippen molar-refractivity contribution in [3.05, 3.63) is 66.6 Å². The van der Waals surface area contributed by atoms with Crippen molar-refractivity contribution in [2.75, 3.05) is 11.9 Å². The standard InChI is InChI=1S/C19H17FN2O2/c20-14-8-10-15(11-9-14)24-13-3-7-19(23)22-18-6-1-5-17-16(18)4-2-12-21-17/h1-2,4-6,8-12H,3,7,13H2,(H,22,23). The van der Waals surface area contributed by atoms with Gasteiger partial charge in [-0.2, -0.15) is 0 Å². The number of anilines is 1. The molecule has 0 aliphatic rings. The first kappa shape index (κ1) is 15.9. The van der Waals surface area contributed by atoms with Gasteiger partial charge < -0.3 is 10.1 Å². The Kier molecular flexibility index (Phi) is 5.01. The zero-order valence-electron chi connectivity index (χ0n) is 13.0. The Balaban J connectivity index is 1.49. The molecule has 1 N–H and O–H groups in total. The summed E-state index contributed by atoms with van der Waals surface area (Å²) in [4.78, 5) is 16.3. The number of carbonyl (C=O) groups is 1. The molecule has 5 heteroatoms. The van der Waals surface area contributed by atoms with Gasteiger partial charge in [0.15, 0.2) is 0 Å². The van der Waals surface area contributed by atoms with E-state index in [2.05, 4.69) is 10.3 Å². The molecule has 3 rings (SSSR count). The molecular weight excluding hydrogens is 307 g/mol. The van der Waals surface area contributed by atoms with Gasteiger partial charge in [0.1, 0.15) is 11.6 Å². The van der Waals surface area contributed by atoms with E-state index >= 15 is 0 Å². The van der Waals surface area contributed by atoms with Crippen LogP contribution in [-0.2, 0) is 4.79 Å². The number of rotatable bonds is 6. The molecule has 0 atom stereocenters. The normalized spacial score (nSPS) is 10.5. The van der Waals surface area contributed by atoms with E-state index in [0.29, 0.717) is 25.2 Å². The maximum absolute atomic E-state index is 12.8. The largest absolute Gasteiger partial charge is 0.494 e. The number of hydrogen-bond donors (Lipinski definition) is 1. The highest BCUT2D eigenvalue weighted by molar-refractivity contribution is 6.00. The monoisotopic (exact) mass is 324 g/mol. The molecule has 1 aromatic heterocycles. The number of benzene rings is 2. The van der Waals surface area contributed by atoms with Crippen LogP contribution >= 0.6 is 0 Å². The predicted molar refractivity (Wildman–Crippen MR) is 91.5 cm³/mol. The second kappa shape index (κ2) is 7.55. The number of ether oxygens (including phenoxy) is 1. The molecule has 0 radical (unpaired) electrons. The number of nitrogens with zero attached hydrogens (tertiary/aromatic N) is 1. The molecule has 0 saturated heterocycles. The first-order valence-electron chi connectivity index (χ1n) is 7.74. The summed E-state index contributed by atoms with van der Waals surface area (Å²) in [5.74, 6) is 0.220. The van der Waals surface area contributed by atoms with E-state index in [1.165, 1.54) is 12.1 Å². The Morgan fingerprint density at radius 3 is 2.75 bits per heavy atom. The summed E-state index contributed by atoms with van der Waals surface area (Å²) in [6.07, 6.45) is 2.64. The molecule has 4 nitrogen and oxygen atoms in total. The van der Waals surface area contributed by atoms with E-state index in [1.807, 2.05) is 30.3 Å². The van der Waals surface area contributed by atoms with Gasteiger partial charge >= 0.3 is 0 Å². The minimum absolute atomic E-state index is 0.0749. The highest BCUT2D eigenvalue weighted by atomic mass is 19.1. The highest BCUT2D eigenvalue weighted by Gasteiger charge is 2.06. The summed E-state index contributed by atoms with van der Waals surface area (Å²) in [6.45, 7) is 0.399. The lowest BCUT2D eigenvalue weighted by molar-refractivity contribution is -0.116. The van der Waals surface area contributed by atoms with Crippen molar-refractivity contribution in [1.82, 2.24) is 4.98 Å². The summed E-state index contributed by atoms with van der Waals surface area (Å²) >= 11 is 0. The molecule has 3 aromatic rings. The average molecular weight is 324 g/mol. The van der Waals surface area contributed by atoms with E-state index in [-0.39, 0.29) is 11.7 Å². The number of carbonyl (C=O) groups excluding carboxylic acids is 1. The molecule has 0 aliphatic carbocycles. The van der Waals surface area contributed by atoms with Crippen molar-refractivity contribution in [3.63, 3.8) is 0 Å². The quantitative estimate of drug-likeness (QED) is 0.692. The van der Waals surface area contributed by atoms with Crippen LogP contribution in [0.4, 0.5) is 10.1 Å². The Bertz CT molecular complexity index is 829. The number of pyridine rings is 1. The van der Waals surface area contributed by atoms with Crippen LogP contribution in [0.2, 0.25) is 0 Å². The number of aromatic nitrogens is 1. The first-order valence-corrected chi connectivity index (χ1v) is 7.74. The van der Waals surface area contributed by atoms with E-state index in [1.54, 1.807) is 18.3 Å². The van der Waals surface area contributed by atoms with Crippen molar-refractivity contribution in [2.45, 2.75) is 12.8 Å². The lowest BCUT2D eigenvalue weighted by atomic mass is 10.1. The van der Waals surface area contributed by atoms with Gasteiger partial charge in [0, 0.05) is 18.0 Å². The number of nitrogens with one attached hydrogen (secondary N) is 1. The third kappa shape index (κ3) is 4.07. The predicted octanol–water partition coefficient (Wildman–Crippen LogP) is 4.17. The summed E-state index contributed by atoms with van der Waals surface area (Å²) in [6, 6.07) is 15.2. The Hall–Kier alpha value is -2.95.